The van der Waals surface area contributed by atoms with Gasteiger partial charge in [0.05, 0.1) is 22.0 Å². The number of hydrogen-bond acceptors (Lipinski definition) is 10. The number of hydrogen-bond donors (Lipinski definition) is 4. The van der Waals surface area contributed by atoms with Crippen LogP contribution in [0.25, 0.3) is 10.2 Å². The molecule has 1 amide bonds. The summed E-state index contributed by atoms with van der Waals surface area (Å²) >= 11 is 0.911. The molecular weight excluding hydrogens is 665 g/mol. The number of halogens is 3. The van der Waals surface area contributed by atoms with Crippen LogP contribution in [0.4, 0.5) is 13.2 Å². The Hall–Kier alpha value is -5.07. The predicted octanol–water partition coefficient (Wildman–Crippen LogP) is 3.43. The number of alkyl halides is 3. The van der Waals surface area contributed by atoms with E-state index in [1.54, 1.807) is 24.3 Å². The lowest BCUT2D eigenvalue weighted by molar-refractivity contribution is -0.142. The summed E-state index contributed by atoms with van der Waals surface area (Å²) in [4.78, 5) is 29.6. The summed E-state index contributed by atoms with van der Waals surface area (Å²) < 4.78 is 69.4. The molecule has 3 aromatic carbocycles. The highest BCUT2D eigenvalue weighted by atomic mass is 32.2. The Labute approximate surface area is 268 Å². The number of nitrogens with one attached hydrogen (secondary N) is 1. The summed E-state index contributed by atoms with van der Waals surface area (Å²) in [7, 11) is -3.97. The van der Waals surface area contributed by atoms with E-state index in [4.69, 9.17) is 9.88 Å². The molecule has 5 rings (SSSR count). The Morgan fingerprint density at radius 1 is 1.02 bits per heavy atom. The van der Waals surface area contributed by atoms with E-state index < -0.39 is 45.7 Å². The fourth-order valence-electron chi connectivity index (χ4n) is 4.48. The zero-order valence-electron chi connectivity index (χ0n) is 24.0. The number of carboxylic acid groups (broad SMARTS) is 1. The van der Waals surface area contributed by atoms with E-state index in [-0.39, 0.29) is 40.8 Å². The Bertz CT molecular complexity index is 2010. The minimum Gasteiger partial charge on any atom is -0.508 e. The lowest BCUT2D eigenvalue weighted by atomic mass is 10.0. The number of aromatic hydroxyl groups is 1. The number of fused-ring (bicyclic) bond motifs is 1. The van der Waals surface area contributed by atoms with Gasteiger partial charge in [-0.1, -0.05) is 29.5 Å². The number of nitrogens with two attached hydrogens (primary N) is 1. The molecule has 13 nitrogen and oxygen atoms in total. The number of rotatable bonds is 12. The van der Waals surface area contributed by atoms with Gasteiger partial charge in [0.2, 0.25) is 10.2 Å². The Morgan fingerprint density at radius 3 is 2.32 bits per heavy atom. The molecular formula is C29H25F3N6O7S2. The fourth-order valence-corrected chi connectivity index (χ4v) is 6.12. The second kappa shape index (κ2) is 13.3. The van der Waals surface area contributed by atoms with Gasteiger partial charge in [-0.15, -0.1) is 16.4 Å². The van der Waals surface area contributed by atoms with Crippen LogP contribution >= 0.6 is 11.3 Å². The Balaban J connectivity index is 1.33. The van der Waals surface area contributed by atoms with Gasteiger partial charge >= 0.3 is 12.1 Å². The van der Waals surface area contributed by atoms with Gasteiger partial charge in [0.15, 0.2) is 0 Å². The number of phenols is 1. The maximum Gasteiger partial charge on any atom is 0.416 e. The van der Waals surface area contributed by atoms with Crippen molar-refractivity contribution in [3.05, 3.63) is 95.3 Å². The summed E-state index contributed by atoms with van der Waals surface area (Å²) in [5.74, 6) is -1.82. The number of amides is 1. The third-order valence-corrected chi connectivity index (χ3v) is 9.21. The predicted molar refractivity (Wildman–Crippen MR) is 161 cm³/mol. The van der Waals surface area contributed by atoms with E-state index in [1.807, 2.05) is 0 Å². The summed E-state index contributed by atoms with van der Waals surface area (Å²) in [6, 6.07) is 12.1. The number of ether oxygens (including phenoxy) is 1. The first-order valence-corrected chi connectivity index (χ1v) is 16.0. The largest absolute Gasteiger partial charge is 0.508 e. The summed E-state index contributed by atoms with van der Waals surface area (Å²) in [5.41, 5.74) is 0.614. The number of primary sulfonamides is 1. The minimum absolute atomic E-state index is 0.00543. The molecule has 18 heteroatoms. The van der Waals surface area contributed by atoms with Crippen molar-refractivity contribution in [3.63, 3.8) is 0 Å². The van der Waals surface area contributed by atoms with Crippen LogP contribution in [0.3, 0.4) is 0 Å². The van der Waals surface area contributed by atoms with Crippen molar-refractivity contribution in [2.24, 2.45) is 5.14 Å². The average Bonchev–Trinajstić information content (AvgIpc) is 3.66. The number of carbonyl (C=O) groups is 2. The summed E-state index contributed by atoms with van der Waals surface area (Å²) in [6.45, 7) is -0.114. The zero-order chi connectivity index (χ0) is 33.9. The number of sulfonamides is 1. The van der Waals surface area contributed by atoms with Crippen LogP contribution in [-0.2, 0) is 45.2 Å². The Kier molecular flexibility index (Phi) is 9.45. The fraction of sp³-hybridized carbons (Fsp3) is 0.207. The number of phenolic OH excluding ortho intramolecular Hbond substituents is 1. The molecule has 0 radical (unpaired) electrons. The van der Waals surface area contributed by atoms with Gasteiger partial charge in [0.25, 0.3) is 10.0 Å². The standard InChI is InChI=1S/C29H25F3N6O7S2/c30-29(31,32)18-5-1-16(2-6-18)11-23(27(41)42)34-26(40)24(12-17-3-7-20(39)8-4-17)38-14-19(36-37-38)15-45-21-9-10-25-22(13-21)35-28(46-25)47(33,43)44/h1-10,13-14,23-24,39H,11-12,15H2,(H,34,40)(H,41,42)(H2,33,43,44). The molecule has 0 spiro atoms. The maximum atomic E-state index is 13.5. The van der Waals surface area contributed by atoms with Crippen molar-refractivity contribution in [3.8, 4) is 11.5 Å². The molecule has 0 aliphatic heterocycles. The molecule has 0 aliphatic carbocycles. The topological polar surface area (TPSA) is 200 Å². The molecule has 0 saturated carbocycles. The molecule has 2 heterocycles. The van der Waals surface area contributed by atoms with Crippen LogP contribution in [-0.4, -0.2) is 56.5 Å². The van der Waals surface area contributed by atoms with E-state index in [9.17, 15) is 41.4 Å². The highest BCUT2D eigenvalue weighted by Gasteiger charge is 2.31. The van der Waals surface area contributed by atoms with E-state index >= 15 is 0 Å². The summed E-state index contributed by atoms with van der Waals surface area (Å²) in [6.07, 6.45) is -3.41. The quantitative estimate of drug-likeness (QED) is 0.150. The molecule has 0 fully saturated rings. The van der Waals surface area contributed by atoms with Crippen molar-refractivity contribution in [2.45, 2.75) is 42.0 Å². The first-order chi connectivity index (χ1) is 22.2. The average molecular weight is 691 g/mol. The number of thiazole rings is 1. The van der Waals surface area contributed by atoms with Crippen LogP contribution in [0.15, 0.2) is 77.3 Å². The van der Waals surface area contributed by atoms with E-state index in [0.29, 0.717) is 21.5 Å². The molecule has 2 atom stereocenters. The van der Waals surface area contributed by atoms with Crippen LogP contribution in [0.5, 0.6) is 11.5 Å². The highest BCUT2D eigenvalue weighted by molar-refractivity contribution is 7.91. The van der Waals surface area contributed by atoms with Gasteiger partial charge in [0, 0.05) is 18.9 Å². The Morgan fingerprint density at radius 2 is 1.68 bits per heavy atom. The lowest BCUT2D eigenvalue weighted by Crippen LogP contribution is -2.46. The maximum absolute atomic E-state index is 13.5. The lowest BCUT2D eigenvalue weighted by Gasteiger charge is -2.21. The minimum atomic E-state index is -4.56. The number of carbonyl (C=O) groups excluding carboxylic acids is 1. The molecule has 47 heavy (non-hydrogen) atoms. The molecule has 0 bridgehead atoms. The van der Waals surface area contributed by atoms with Crippen LogP contribution in [0.1, 0.15) is 28.4 Å². The molecule has 2 unspecified atom stereocenters. The molecule has 5 aromatic rings. The van der Waals surface area contributed by atoms with Gasteiger partial charge in [-0.25, -0.2) is 28.0 Å². The molecule has 2 aromatic heterocycles. The van der Waals surface area contributed by atoms with Crippen molar-refractivity contribution in [2.75, 3.05) is 0 Å². The first-order valence-electron chi connectivity index (χ1n) is 13.6. The molecule has 246 valence electrons. The van der Waals surface area contributed by atoms with E-state index in [1.165, 1.54) is 29.1 Å². The normalized spacial score (nSPS) is 13.3. The zero-order valence-corrected chi connectivity index (χ0v) is 25.6. The number of nitrogens with zero attached hydrogens (tertiary/aromatic N) is 4. The smallest absolute Gasteiger partial charge is 0.416 e. The number of aliphatic carboxylic acids is 1. The van der Waals surface area contributed by atoms with Gasteiger partial charge in [-0.05, 0) is 47.5 Å². The second-order valence-electron chi connectivity index (χ2n) is 10.3. The van der Waals surface area contributed by atoms with Gasteiger partial charge in [0.1, 0.15) is 35.9 Å². The van der Waals surface area contributed by atoms with Crippen molar-refractivity contribution in [1.82, 2.24) is 25.3 Å². The first kappa shape index (κ1) is 33.3. The van der Waals surface area contributed by atoms with Crippen molar-refractivity contribution in [1.29, 1.82) is 0 Å². The van der Waals surface area contributed by atoms with Gasteiger partial charge < -0.3 is 20.3 Å². The molecule has 0 saturated heterocycles. The van der Waals surface area contributed by atoms with Crippen LogP contribution in [0.2, 0.25) is 0 Å². The SMILES string of the molecule is NS(=O)(=O)c1nc2cc(OCc3cn(C(Cc4ccc(O)cc4)C(=O)NC(Cc4ccc(C(F)(F)F)cc4)C(=O)O)nn3)ccc2s1. The van der Waals surface area contributed by atoms with Gasteiger partial charge in [-0.2, -0.15) is 13.2 Å². The number of benzene rings is 3. The third kappa shape index (κ3) is 8.40. The van der Waals surface area contributed by atoms with Crippen LogP contribution < -0.4 is 15.2 Å². The van der Waals surface area contributed by atoms with Crippen molar-refractivity contribution >= 4 is 43.5 Å². The number of carboxylic acids is 1. The van der Waals surface area contributed by atoms with Crippen molar-refractivity contribution < 1.29 is 46.1 Å². The van der Waals surface area contributed by atoms with E-state index in [2.05, 4.69) is 20.6 Å². The third-order valence-electron chi connectivity index (χ3n) is 6.85. The monoisotopic (exact) mass is 690 g/mol. The van der Waals surface area contributed by atoms with Crippen LogP contribution in [0, 0.1) is 0 Å². The highest BCUT2D eigenvalue weighted by Crippen LogP contribution is 2.30. The summed E-state index contributed by atoms with van der Waals surface area (Å²) in [5, 5.41) is 35.2. The van der Waals surface area contributed by atoms with E-state index in [0.717, 1.165) is 35.6 Å². The van der Waals surface area contributed by atoms with Gasteiger partial charge in [-0.3, -0.25) is 4.79 Å². The molecule has 5 N–H and O–H groups in total. The number of aromatic nitrogens is 4. The second-order valence-corrected chi connectivity index (χ2v) is 13.1. The molecule has 0 aliphatic rings.